The molecule has 2 aromatic heterocycles. The molecule has 0 spiro atoms. The fourth-order valence-corrected chi connectivity index (χ4v) is 4.40. The molecule has 0 radical (unpaired) electrons. The number of amides is 1. The average molecular weight is 430 g/mol. The second-order valence-electron chi connectivity index (χ2n) is 7.94. The molecule has 31 heavy (non-hydrogen) atoms. The summed E-state index contributed by atoms with van der Waals surface area (Å²) in [6, 6.07) is 5.66. The van der Waals surface area contributed by atoms with Gasteiger partial charge in [0.15, 0.2) is 0 Å². The fourth-order valence-electron chi connectivity index (χ4n) is 4.40. The molecule has 1 saturated heterocycles. The molecule has 3 heterocycles. The number of hydrogen-bond acceptors (Lipinski definition) is 6. The van der Waals surface area contributed by atoms with Crippen molar-refractivity contribution in [2.45, 2.75) is 44.4 Å². The predicted octanol–water partition coefficient (Wildman–Crippen LogP) is 3.27. The monoisotopic (exact) mass is 430 g/mol. The number of nitriles is 1. The van der Waals surface area contributed by atoms with Gasteiger partial charge in [-0.25, -0.2) is 4.98 Å². The third-order valence-electron chi connectivity index (χ3n) is 6.08. The fraction of sp³-hybridized carbons (Fsp3) is 0.476. The van der Waals surface area contributed by atoms with Crippen LogP contribution in [0.25, 0.3) is 0 Å². The number of halogens is 2. The Morgan fingerprint density at radius 1 is 1.32 bits per heavy atom. The lowest BCUT2D eigenvalue weighted by Crippen LogP contribution is -2.48. The molecular formula is C21H24F2N6O2. The highest BCUT2D eigenvalue weighted by atomic mass is 19.3. The van der Waals surface area contributed by atoms with Gasteiger partial charge in [-0.3, -0.25) is 4.79 Å². The molecule has 1 saturated carbocycles. The molecule has 8 nitrogen and oxygen atoms in total. The number of anilines is 2. The van der Waals surface area contributed by atoms with E-state index in [2.05, 4.69) is 26.0 Å². The van der Waals surface area contributed by atoms with E-state index in [-0.39, 0.29) is 23.4 Å². The molecule has 1 amide bonds. The number of carbonyl (C=O) groups is 1. The number of ether oxygens (including phenoxy) is 1. The van der Waals surface area contributed by atoms with Gasteiger partial charge in [-0.2, -0.15) is 14.0 Å². The maximum atomic E-state index is 12.3. The van der Waals surface area contributed by atoms with E-state index in [4.69, 9.17) is 5.73 Å². The van der Waals surface area contributed by atoms with E-state index in [0.29, 0.717) is 17.4 Å². The summed E-state index contributed by atoms with van der Waals surface area (Å²) in [7, 11) is 0. The molecule has 1 aliphatic carbocycles. The highest BCUT2D eigenvalue weighted by molar-refractivity contribution is 5.99. The van der Waals surface area contributed by atoms with Crippen molar-refractivity contribution < 1.29 is 18.3 Å². The molecule has 0 bridgehead atoms. The Morgan fingerprint density at radius 2 is 2.13 bits per heavy atom. The molecule has 0 aromatic carbocycles. The van der Waals surface area contributed by atoms with Gasteiger partial charge in [0.25, 0.3) is 5.91 Å². The summed E-state index contributed by atoms with van der Waals surface area (Å²) in [6.45, 7) is -0.746. The number of nitrogens with one attached hydrogen (secondary N) is 1. The van der Waals surface area contributed by atoms with Crippen LogP contribution in [0.15, 0.2) is 30.7 Å². The Kier molecular flexibility index (Phi) is 6.04. The van der Waals surface area contributed by atoms with Gasteiger partial charge in [-0.05, 0) is 44.8 Å². The van der Waals surface area contributed by atoms with E-state index in [0.717, 1.165) is 32.4 Å². The SMILES string of the molecule is N#C[C@H]1C[C@H](N2CCC2)CC[C@@H]1n1cc(Nc2ccc(OC(F)F)nc2)c(C(N)=O)c1. The third kappa shape index (κ3) is 4.61. The van der Waals surface area contributed by atoms with Crippen molar-refractivity contribution in [1.82, 2.24) is 14.5 Å². The summed E-state index contributed by atoms with van der Waals surface area (Å²) in [4.78, 5) is 18.3. The highest BCUT2D eigenvalue weighted by Gasteiger charge is 2.36. The van der Waals surface area contributed by atoms with Crippen LogP contribution < -0.4 is 15.8 Å². The van der Waals surface area contributed by atoms with E-state index >= 15 is 0 Å². The zero-order chi connectivity index (χ0) is 22.0. The molecule has 3 atom stereocenters. The maximum Gasteiger partial charge on any atom is 0.388 e. The third-order valence-corrected chi connectivity index (χ3v) is 6.08. The molecule has 2 aromatic rings. The van der Waals surface area contributed by atoms with Gasteiger partial charge >= 0.3 is 6.61 Å². The summed E-state index contributed by atoms with van der Waals surface area (Å²) in [5, 5.41) is 12.8. The van der Waals surface area contributed by atoms with Crippen molar-refractivity contribution in [3.8, 4) is 11.9 Å². The Morgan fingerprint density at radius 3 is 2.71 bits per heavy atom. The van der Waals surface area contributed by atoms with Gasteiger partial charge in [0.05, 0.1) is 35.1 Å². The Labute approximate surface area is 178 Å². The van der Waals surface area contributed by atoms with Crippen LogP contribution in [0.5, 0.6) is 5.88 Å². The first-order valence-electron chi connectivity index (χ1n) is 10.3. The first kappa shape index (κ1) is 21.1. The molecule has 1 aliphatic heterocycles. The lowest BCUT2D eigenvalue weighted by Gasteiger charge is -2.43. The zero-order valence-corrected chi connectivity index (χ0v) is 16.9. The zero-order valence-electron chi connectivity index (χ0n) is 16.9. The second-order valence-corrected chi connectivity index (χ2v) is 7.94. The van der Waals surface area contributed by atoms with Crippen LogP contribution in [0.1, 0.15) is 42.1 Å². The number of primary amides is 1. The topological polar surface area (TPSA) is 109 Å². The predicted molar refractivity (Wildman–Crippen MR) is 109 cm³/mol. The number of nitrogens with two attached hydrogens (primary N) is 1. The molecule has 4 rings (SSSR count). The number of aromatic nitrogens is 2. The van der Waals surface area contributed by atoms with E-state index in [1.165, 1.54) is 24.8 Å². The van der Waals surface area contributed by atoms with Crippen LogP contribution in [0, 0.1) is 17.2 Å². The summed E-state index contributed by atoms with van der Waals surface area (Å²) in [6.07, 6.45) is 8.64. The van der Waals surface area contributed by atoms with Crippen molar-refractivity contribution in [1.29, 1.82) is 5.26 Å². The first-order valence-corrected chi connectivity index (χ1v) is 10.3. The van der Waals surface area contributed by atoms with Crippen molar-refractivity contribution in [3.05, 3.63) is 36.3 Å². The van der Waals surface area contributed by atoms with Crippen molar-refractivity contribution >= 4 is 17.3 Å². The maximum absolute atomic E-state index is 12.3. The first-order chi connectivity index (χ1) is 14.9. The quantitative estimate of drug-likeness (QED) is 0.698. The molecule has 2 fully saturated rings. The number of carbonyl (C=O) groups excluding carboxylic acids is 1. The lowest BCUT2D eigenvalue weighted by atomic mass is 9.80. The van der Waals surface area contributed by atoms with Crippen LogP contribution in [-0.2, 0) is 0 Å². The Balaban J connectivity index is 1.52. The van der Waals surface area contributed by atoms with Gasteiger partial charge in [0, 0.05) is 30.5 Å². The largest absolute Gasteiger partial charge is 0.417 e. The van der Waals surface area contributed by atoms with Crippen LogP contribution >= 0.6 is 0 Å². The number of nitrogens with zero attached hydrogens (tertiary/aromatic N) is 4. The van der Waals surface area contributed by atoms with Crippen LogP contribution in [0.4, 0.5) is 20.2 Å². The van der Waals surface area contributed by atoms with E-state index in [1.54, 1.807) is 12.4 Å². The lowest BCUT2D eigenvalue weighted by molar-refractivity contribution is -0.0528. The molecule has 3 N–H and O–H groups in total. The number of likely N-dealkylation sites (tertiary alicyclic amines) is 1. The second kappa shape index (κ2) is 8.89. The summed E-state index contributed by atoms with van der Waals surface area (Å²) >= 11 is 0. The van der Waals surface area contributed by atoms with Gasteiger partial charge in [0.2, 0.25) is 5.88 Å². The normalized spacial score (nSPS) is 23.7. The van der Waals surface area contributed by atoms with Gasteiger partial charge in [0.1, 0.15) is 0 Å². The Bertz CT molecular complexity index is 967. The van der Waals surface area contributed by atoms with E-state index < -0.39 is 12.5 Å². The van der Waals surface area contributed by atoms with Crippen molar-refractivity contribution in [2.24, 2.45) is 11.7 Å². The summed E-state index contributed by atoms with van der Waals surface area (Å²) in [5.74, 6) is -0.966. The van der Waals surface area contributed by atoms with Crippen LogP contribution in [-0.4, -0.2) is 46.1 Å². The molecule has 164 valence electrons. The molecule has 10 heteroatoms. The van der Waals surface area contributed by atoms with Crippen molar-refractivity contribution in [3.63, 3.8) is 0 Å². The van der Waals surface area contributed by atoms with Crippen molar-refractivity contribution in [2.75, 3.05) is 18.4 Å². The van der Waals surface area contributed by atoms with Crippen LogP contribution in [0.3, 0.4) is 0 Å². The standard InChI is InChI=1S/C21H24F2N6O2/c22-21(23)31-19-5-2-14(10-26-19)27-17-12-29(11-16(17)20(25)30)18-4-3-15(8-13(18)9-24)28-6-1-7-28/h2,5,10-13,15,18,21,27H,1,3-4,6-8H2,(H2,25,30)/t13-,15-,18+/m1/s1. The minimum Gasteiger partial charge on any atom is -0.417 e. The minimum absolute atomic E-state index is 0.0453. The summed E-state index contributed by atoms with van der Waals surface area (Å²) < 4.78 is 30.7. The van der Waals surface area contributed by atoms with E-state index in [1.807, 2.05) is 4.57 Å². The summed E-state index contributed by atoms with van der Waals surface area (Å²) in [5.41, 5.74) is 6.81. The van der Waals surface area contributed by atoms with Gasteiger partial charge < -0.3 is 25.3 Å². The van der Waals surface area contributed by atoms with Gasteiger partial charge in [-0.15, -0.1) is 0 Å². The Hall–Kier alpha value is -3.19. The molecule has 0 unspecified atom stereocenters. The number of hydrogen-bond donors (Lipinski definition) is 2. The molecular weight excluding hydrogens is 406 g/mol. The smallest absolute Gasteiger partial charge is 0.388 e. The van der Waals surface area contributed by atoms with Gasteiger partial charge in [-0.1, -0.05) is 0 Å². The highest BCUT2D eigenvalue weighted by Crippen LogP contribution is 2.38. The van der Waals surface area contributed by atoms with Crippen LogP contribution in [0.2, 0.25) is 0 Å². The van der Waals surface area contributed by atoms with E-state index in [9.17, 15) is 18.8 Å². The average Bonchev–Trinajstić information content (AvgIpc) is 3.11. The number of pyridine rings is 1. The molecule has 2 aliphatic rings. The number of alkyl halides is 2. The number of rotatable bonds is 7. The minimum atomic E-state index is -2.95.